The van der Waals surface area contributed by atoms with Gasteiger partial charge in [0.1, 0.15) is 19.3 Å². The number of fused-ring (bicyclic) bond motifs is 1. The smallest absolute Gasteiger partial charge is 0.189 e. The van der Waals surface area contributed by atoms with Crippen LogP contribution in [0.4, 0.5) is 5.69 Å². The first-order chi connectivity index (χ1) is 10.1. The molecule has 0 amide bonds. The molecule has 0 saturated carbocycles. The lowest BCUT2D eigenvalue weighted by Crippen LogP contribution is -2.15. The fourth-order valence-electron chi connectivity index (χ4n) is 1.85. The van der Waals surface area contributed by atoms with E-state index in [9.17, 15) is 8.42 Å². The fourth-order valence-corrected chi connectivity index (χ4v) is 2.99. The Kier molecular flexibility index (Phi) is 4.70. The van der Waals surface area contributed by atoms with Crippen LogP contribution in [-0.2, 0) is 9.84 Å². The summed E-state index contributed by atoms with van der Waals surface area (Å²) in [7, 11) is -3.53. The number of allylic oxidation sites excluding steroid dienone is 1. The number of hydrogen-bond donors (Lipinski definition) is 1. The molecule has 1 aromatic carbocycles. The summed E-state index contributed by atoms with van der Waals surface area (Å²) in [6.07, 6.45) is 1.67. The lowest BCUT2D eigenvalue weighted by atomic mass is 10.2. The molecule has 0 aliphatic carbocycles. The van der Waals surface area contributed by atoms with Gasteiger partial charge in [0, 0.05) is 18.0 Å². The largest absolute Gasteiger partial charge is 0.486 e. The molecule has 0 atom stereocenters. The van der Waals surface area contributed by atoms with Crippen molar-refractivity contribution in [3.63, 3.8) is 0 Å². The van der Waals surface area contributed by atoms with Crippen LogP contribution in [0.25, 0.3) is 0 Å². The van der Waals surface area contributed by atoms with Crippen LogP contribution in [0.1, 0.15) is 13.3 Å². The first-order valence-corrected chi connectivity index (χ1v) is 8.21. The number of nitriles is 1. The van der Waals surface area contributed by atoms with E-state index < -0.39 is 9.84 Å². The maximum atomic E-state index is 11.8. The van der Waals surface area contributed by atoms with E-state index in [0.717, 1.165) is 0 Å². The van der Waals surface area contributed by atoms with Gasteiger partial charge in [0.2, 0.25) is 0 Å². The number of nitrogens with zero attached hydrogens (tertiary/aromatic N) is 1. The monoisotopic (exact) mass is 308 g/mol. The van der Waals surface area contributed by atoms with Gasteiger partial charge in [0.25, 0.3) is 0 Å². The van der Waals surface area contributed by atoms with E-state index in [1.54, 1.807) is 31.2 Å². The molecule has 7 heteroatoms. The molecule has 0 bridgehead atoms. The molecule has 1 aliphatic rings. The third-order valence-corrected chi connectivity index (χ3v) is 4.66. The first-order valence-electron chi connectivity index (χ1n) is 6.56. The molecular weight excluding hydrogens is 292 g/mol. The van der Waals surface area contributed by atoms with Gasteiger partial charge in [0.05, 0.1) is 5.75 Å². The SMILES string of the molecule is CCCS(=O)(=O)/C(C#N)=C/Nc1ccc2c(c1)OCCO2. The molecule has 0 unspecified atom stereocenters. The van der Waals surface area contributed by atoms with Crippen LogP contribution in [0.3, 0.4) is 0 Å². The summed E-state index contributed by atoms with van der Waals surface area (Å²) in [5, 5.41) is 11.8. The van der Waals surface area contributed by atoms with Gasteiger partial charge in [-0.1, -0.05) is 6.92 Å². The molecule has 6 nitrogen and oxygen atoms in total. The zero-order chi connectivity index (χ0) is 15.3. The molecule has 0 aromatic heterocycles. The van der Waals surface area contributed by atoms with E-state index >= 15 is 0 Å². The van der Waals surface area contributed by atoms with E-state index in [2.05, 4.69) is 5.32 Å². The van der Waals surface area contributed by atoms with Crippen molar-refractivity contribution in [2.24, 2.45) is 0 Å². The van der Waals surface area contributed by atoms with Crippen molar-refractivity contribution in [3.8, 4) is 17.6 Å². The van der Waals surface area contributed by atoms with Crippen molar-refractivity contribution in [2.75, 3.05) is 24.3 Å². The van der Waals surface area contributed by atoms with E-state index in [4.69, 9.17) is 14.7 Å². The van der Waals surface area contributed by atoms with Crippen molar-refractivity contribution < 1.29 is 17.9 Å². The topological polar surface area (TPSA) is 88.4 Å². The number of ether oxygens (including phenoxy) is 2. The van der Waals surface area contributed by atoms with Crippen LogP contribution in [-0.4, -0.2) is 27.4 Å². The van der Waals surface area contributed by atoms with Gasteiger partial charge in [-0.05, 0) is 18.6 Å². The molecule has 21 heavy (non-hydrogen) atoms. The molecule has 2 rings (SSSR count). The highest BCUT2D eigenvalue weighted by Gasteiger charge is 2.16. The number of anilines is 1. The highest BCUT2D eigenvalue weighted by Crippen LogP contribution is 2.32. The van der Waals surface area contributed by atoms with Crippen LogP contribution < -0.4 is 14.8 Å². The van der Waals surface area contributed by atoms with Crippen molar-refractivity contribution >= 4 is 15.5 Å². The van der Waals surface area contributed by atoms with Crippen LogP contribution in [0.15, 0.2) is 29.3 Å². The Morgan fingerprint density at radius 2 is 2.10 bits per heavy atom. The maximum absolute atomic E-state index is 11.8. The Bertz CT molecular complexity index is 689. The van der Waals surface area contributed by atoms with Gasteiger partial charge in [-0.3, -0.25) is 0 Å². The predicted molar refractivity (Wildman–Crippen MR) is 78.8 cm³/mol. The van der Waals surface area contributed by atoms with E-state index in [1.165, 1.54) is 6.20 Å². The molecular formula is C14H16N2O4S. The molecule has 0 spiro atoms. The third kappa shape index (κ3) is 3.67. The number of rotatable bonds is 5. The van der Waals surface area contributed by atoms with E-state index in [-0.39, 0.29) is 10.7 Å². The Hall–Kier alpha value is -2.20. The second kappa shape index (κ2) is 6.50. The van der Waals surface area contributed by atoms with Gasteiger partial charge >= 0.3 is 0 Å². The lowest BCUT2D eigenvalue weighted by Gasteiger charge is -2.18. The van der Waals surface area contributed by atoms with E-state index in [0.29, 0.717) is 36.8 Å². The molecule has 1 aliphatic heterocycles. The molecule has 112 valence electrons. The van der Waals surface area contributed by atoms with Gasteiger partial charge in [-0.2, -0.15) is 5.26 Å². The summed E-state index contributed by atoms with van der Waals surface area (Å²) in [6, 6.07) is 6.88. The first kappa shape index (κ1) is 15.2. The van der Waals surface area contributed by atoms with Crippen LogP contribution in [0, 0.1) is 11.3 Å². The van der Waals surface area contributed by atoms with Gasteiger partial charge in [0.15, 0.2) is 26.2 Å². The second-order valence-corrected chi connectivity index (χ2v) is 6.52. The zero-order valence-electron chi connectivity index (χ0n) is 11.6. The number of benzene rings is 1. The number of hydrogen-bond acceptors (Lipinski definition) is 6. The Labute approximate surface area is 123 Å². The van der Waals surface area contributed by atoms with Crippen molar-refractivity contribution in [1.29, 1.82) is 5.26 Å². The molecule has 0 fully saturated rings. The molecule has 0 saturated heterocycles. The average molecular weight is 308 g/mol. The summed E-state index contributed by atoms with van der Waals surface area (Å²) in [5.74, 6) is 1.19. The fraction of sp³-hybridized carbons (Fsp3) is 0.357. The maximum Gasteiger partial charge on any atom is 0.189 e. The van der Waals surface area contributed by atoms with Crippen molar-refractivity contribution in [1.82, 2.24) is 0 Å². The molecule has 1 heterocycles. The predicted octanol–water partition coefficient (Wildman–Crippen LogP) is 2.06. The summed E-state index contributed by atoms with van der Waals surface area (Å²) in [5.41, 5.74) is 0.624. The zero-order valence-corrected chi connectivity index (χ0v) is 12.4. The van der Waals surface area contributed by atoms with Crippen LogP contribution >= 0.6 is 0 Å². The highest BCUT2D eigenvalue weighted by molar-refractivity contribution is 7.95. The summed E-state index contributed by atoms with van der Waals surface area (Å²) in [4.78, 5) is -0.278. The minimum atomic E-state index is -3.53. The van der Waals surface area contributed by atoms with Crippen molar-refractivity contribution in [3.05, 3.63) is 29.3 Å². The average Bonchev–Trinajstić information content (AvgIpc) is 2.47. The molecule has 1 aromatic rings. The minimum Gasteiger partial charge on any atom is -0.486 e. The summed E-state index contributed by atoms with van der Waals surface area (Å²) in [6.45, 7) is 2.73. The Morgan fingerprint density at radius 1 is 1.38 bits per heavy atom. The lowest BCUT2D eigenvalue weighted by molar-refractivity contribution is 0.171. The summed E-state index contributed by atoms with van der Waals surface area (Å²) >= 11 is 0. The van der Waals surface area contributed by atoms with E-state index in [1.807, 2.05) is 0 Å². The second-order valence-electron chi connectivity index (χ2n) is 4.44. The minimum absolute atomic E-state index is 0.0464. The quantitative estimate of drug-likeness (QED) is 0.838. The number of nitrogens with one attached hydrogen (secondary N) is 1. The standard InChI is InChI=1S/C14H16N2O4S/c1-2-7-21(17,18)12(9-15)10-16-11-3-4-13-14(8-11)20-6-5-19-13/h3-4,8,10,16H,2,5-7H2,1H3/b12-10+. The van der Waals surface area contributed by atoms with Crippen LogP contribution in [0.2, 0.25) is 0 Å². The van der Waals surface area contributed by atoms with Crippen molar-refractivity contribution in [2.45, 2.75) is 13.3 Å². The van der Waals surface area contributed by atoms with Crippen LogP contribution in [0.5, 0.6) is 11.5 Å². The highest BCUT2D eigenvalue weighted by atomic mass is 32.2. The molecule has 1 N–H and O–H groups in total. The third-order valence-electron chi connectivity index (χ3n) is 2.83. The van der Waals surface area contributed by atoms with Gasteiger partial charge < -0.3 is 14.8 Å². The Balaban J connectivity index is 2.18. The van der Waals surface area contributed by atoms with Gasteiger partial charge in [-0.25, -0.2) is 8.42 Å². The molecule has 0 radical (unpaired) electrons. The number of sulfone groups is 1. The Morgan fingerprint density at radius 3 is 2.76 bits per heavy atom. The summed E-state index contributed by atoms with van der Waals surface area (Å²) < 4.78 is 34.5. The normalized spacial score (nSPS) is 14.4. The van der Waals surface area contributed by atoms with Gasteiger partial charge in [-0.15, -0.1) is 0 Å².